The Hall–Kier alpha value is -1.84. The molecule has 0 fully saturated rings. The maximum atomic E-state index is 12.2. The monoisotopic (exact) mass is 771 g/mol. The summed E-state index contributed by atoms with van der Waals surface area (Å²) in [7, 11) is 0. The van der Waals surface area contributed by atoms with Crippen molar-refractivity contribution in [2.75, 3.05) is 0 Å². The Bertz CT molecular complexity index is 874. The van der Waals surface area contributed by atoms with Gasteiger partial charge in [0, 0.05) is 6.42 Å². The van der Waals surface area contributed by atoms with Crippen LogP contribution in [-0.2, 0) is 14.3 Å². The molecule has 4 heteroatoms. The Morgan fingerprint density at radius 3 is 1.13 bits per heavy atom. The molecule has 0 radical (unpaired) electrons. The van der Waals surface area contributed by atoms with Crippen molar-refractivity contribution in [1.29, 1.82) is 0 Å². The van der Waals surface area contributed by atoms with Crippen LogP contribution in [0.25, 0.3) is 0 Å². The minimum Gasteiger partial charge on any atom is -0.479 e. The highest BCUT2D eigenvalue weighted by Crippen LogP contribution is 2.18. The highest BCUT2D eigenvalue weighted by atomic mass is 16.6. The molecule has 0 aromatic rings. The number of allylic oxidation sites excluding steroid dienone is 6. The number of ether oxygens (including phenoxy) is 1. The molecule has 0 saturated heterocycles. The van der Waals surface area contributed by atoms with Gasteiger partial charge in [-0.3, -0.25) is 4.79 Å². The second-order valence-corrected chi connectivity index (χ2v) is 16.6. The molecule has 1 atom stereocenters. The average Bonchev–Trinajstić information content (AvgIpc) is 3.18. The molecule has 0 aromatic carbocycles. The summed E-state index contributed by atoms with van der Waals surface area (Å²) in [5.41, 5.74) is 0. The Morgan fingerprint density at radius 1 is 0.418 bits per heavy atom. The van der Waals surface area contributed by atoms with Crippen LogP contribution in [-0.4, -0.2) is 23.1 Å². The van der Waals surface area contributed by atoms with Crippen LogP contribution in [0.15, 0.2) is 36.5 Å². The largest absolute Gasteiger partial charge is 0.479 e. The van der Waals surface area contributed by atoms with E-state index < -0.39 is 12.1 Å². The molecule has 0 aliphatic heterocycles. The summed E-state index contributed by atoms with van der Waals surface area (Å²) in [6.07, 6.45) is 62.3. The van der Waals surface area contributed by atoms with Gasteiger partial charge in [-0.15, -0.1) is 0 Å². The lowest BCUT2D eigenvalue weighted by atomic mass is 10.0. The molecule has 0 heterocycles. The van der Waals surface area contributed by atoms with E-state index in [4.69, 9.17) is 4.74 Å². The van der Waals surface area contributed by atoms with E-state index in [1.54, 1.807) is 0 Å². The van der Waals surface area contributed by atoms with Crippen LogP contribution in [0.4, 0.5) is 0 Å². The average molecular weight is 771 g/mol. The van der Waals surface area contributed by atoms with Gasteiger partial charge in [0.2, 0.25) is 0 Å². The van der Waals surface area contributed by atoms with Crippen LogP contribution in [0, 0.1) is 0 Å². The van der Waals surface area contributed by atoms with Gasteiger partial charge in [-0.25, -0.2) is 4.79 Å². The Kier molecular flexibility index (Phi) is 45.0. The summed E-state index contributed by atoms with van der Waals surface area (Å²) in [6.45, 7) is 4.45. The van der Waals surface area contributed by atoms with Gasteiger partial charge in [0.05, 0.1) is 0 Å². The lowest BCUT2D eigenvalue weighted by molar-refractivity contribution is -0.164. The lowest BCUT2D eigenvalue weighted by Crippen LogP contribution is -2.27. The number of carboxylic acid groups (broad SMARTS) is 1. The number of rotatable bonds is 45. The molecule has 1 N–H and O–H groups in total. The molecule has 0 aliphatic rings. The van der Waals surface area contributed by atoms with E-state index in [0.29, 0.717) is 12.8 Å². The topological polar surface area (TPSA) is 63.6 Å². The fourth-order valence-electron chi connectivity index (χ4n) is 7.51. The molecular formula is C51H94O4. The summed E-state index contributed by atoms with van der Waals surface area (Å²) >= 11 is 0. The van der Waals surface area contributed by atoms with E-state index in [2.05, 4.69) is 50.3 Å². The van der Waals surface area contributed by atoms with Crippen molar-refractivity contribution in [3.8, 4) is 0 Å². The van der Waals surface area contributed by atoms with Gasteiger partial charge in [0.1, 0.15) is 0 Å². The van der Waals surface area contributed by atoms with Gasteiger partial charge in [0.25, 0.3) is 0 Å². The van der Waals surface area contributed by atoms with Crippen molar-refractivity contribution >= 4 is 11.9 Å². The Morgan fingerprint density at radius 2 is 0.745 bits per heavy atom. The first-order valence-corrected chi connectivity index (χ1v) is 24.5. The molecule has 0 aliphatic carbocycles. The van der Waals surface area contributed by atoms with Crippen LogP contribution in [0.1, 0.15) is 271 Å². The minimum absolute atomic E-state index is 0.322. The number of hydrogen-bond acceptors (Lipinski definition) is 3. The SMILES string of the molecule is CC/C=C\C/C=C\C/C=C\CCCCCCCC(=O)OC(CCCCCCCCCCCCCCCCCCCCCCCCCCCCCCC)C(=O)O. The van der Waals surface area contributed by atoms with E-state index in [1.165, 1.54) is 173 Å². The number of esters is 1. The number of carbonyl (C=O) groups excluding carboxylic acids is 1. The molecule has 322 valence electrons. The zero-order valence-electron chi connectivity index (χ0n) is 37.0. The summed E-state index contributed by atoms with van der Waals surface area (Å²) in [4.78, 5) is 23.9. The molecule has 0 aromatic heterocycles. The van der Waals surface area contributed by atoms with E-state index >= 15 is 0 Å². The summed E-state index contributed by atoms with van der Waals surface area (Å²) in [5.74, 6) is -1.37. The van der Waals surface area contributed by atoms with Gasteiger partial charge >= 0.3 is 11.9 Å². The Balaban J connectivity index is 3.44. The molecular weight excluding hydrogens is 677 g/mol. The highest BCUT2D eigenvalue weighted by molar-refractivity contribution is 5.77. The first-order chi connectivity index (χ1) is 27.1. The minimum atomic E-state index is -1.01. The van der Waals surface area contributed by atoms with Crippen LogP contribution in [0.5, 0.6) is 0 Å². The van der Waals surface area contributed by atoms with E-state index in [0.717, 1.165) is 70.6 Å². The molecule has 0 spiro atoms. The van der Waals surface area contributed by atoms with Gasteiger partial charge in [-0.2, -0.15) is 0 Å². The molecule has 0 bridgehead atoms. The predicted molar refractivity (Wildman–Crippen MR) is 241 cm³/mol. The first-order valence-electron chi connectivity index (χ1n) is 24.5. The van der Waals surface area contributed by atoms with Crippen molar-refractivity contribution in [2.45, 2.75) is 277 Å². The first kappa shape index (κ1) is 53.2. The maximum Gasteiger partial charge on any atom is 0.345 e. The van der Waals surface area contributed by atoms with Gasteiger partial charge in [-0.05, 0) is 51.4 Å². The number of carbonyl (C=O) groups is 2. The van der Waals surface area contributed by atoms with Crippen molar-refractivity contribution in [3.05, 3.63) is 36.5 Å². The smallest absolute Gasteiger partial charge is 0.345 e. The molecule has 0 saturated carbocycles. The zero-order valence-corrected chi connectivity index (χ0v) is 37.0. The maximum absolute atomic E-state index is 12.2. The third-order valence-corrected chi connectivity index (χ3v) is 11.2. The standard InChI is InChI=1S/C51H94O4/c1-3-5-7-9-11-13-15-17-19-20-21-22-23-24-25-26-27-28-29-30-31-32-34-35-37-39-41-43-45-47-49(51(53)54)55-50(52)48-46-44-42-40-38-36-33-18-16-14-12-10-8-6-4-2/h6,8,12,14,18,33,49H,3-5,7,9-11,13,15-17,19-32,34-48H2,1-2H3,(H,53,54)/b8-6-,14-12-,33-18-. The fourth-order valence-corrected chi connectivity index (χ4v) is 7.51. The quantitative estimate of drug-likeness (QED) is 0.0380. The summed E-state index contributed by atoms with van der Waals surface area (Å²) in [5, 5.41) is 9.54. The number of unbranched alkanes of at least 4 members (excludes halogenated alkanes) is 33. The van der Waals surface area contributed by atoms with Crippen molar-refractivity contribution in [3.63, 3.8) is 0 Å². The molecule has 55 heavy (non-hydrogen) atoms. The lowest BCUT2D eigenvalue weighted by Gasteiger charge is -2.13. The predicted octanol–water partition coefficient (Wildman–Crippen LogP) is 17.3. The highest BCUT2D eigenvalue weighted by Gasteiger charge is 2.21. The molecule has 4 nitrogen and oxygen atoms in total. The van der Waals surface area contributed by atoms with E-state index in [1.807, 2.05) is 0 Å². The van der Waals surface area contributed by atoms with Gasteiger partial charge < -0.3 is 9.84 Å². The second-order valence-electron chi connectivity index (χ2n) is 16.6. The van der Waals surface area contributed by atoms with Crippen LogP contribution < -0.4 is 0 Å². The fraction of sp³-hybridized carbons (Fsp3) is 0.843. The number of carboxylic acids is 1. The van der Waals surface area contributed by atoms with E-state index in [-0.39, 0.29) is 5.97 Å². The molecule has 0 rings (SSSR count). The third kappa shape index (κ3) is 44.7. The van der Waals surface area contributed by atoms with E-state index in [9.17, 15) is 14.7 Å². The van der Waals surface area contributed by atoms with Crippen molar-refractivity contribution in [2.24, 2.45) is 0 Å². The van der Waals surface area contributed by atoms with Gasteiger partial charge in [0.15, 0.2) is 6.10 Å². The molecule has 1 unspecified atom stereocenters. The Labute approximate surface area is 343 Å². The zero-order chi connectivity index (χ0) is 40.0. The normalized spacial score (nSPS) is 12.5. The number of hydrogen-bond donors (Lipinski definition) is 1. The van der Waals surface area contributed by atoms with Crippen LogP contribution in [0.2, 0.25) is 0 Å². The second kappa shape index (κ2) is 46.5. The van der Waals surface area contributed by atoms with Crippen LogP contribution >= 0.6 is 0 Å². The van der Waals surface area contributed by atoms with Crippen LogP contribution in [0.3, 0.4) is 0 Å². The summed E-state index contributed by atoms with van der Waals surface area (Å²) in [6, 6.07) is 0. The third-order valence-electron chi connectivity index (χ3n) is 11.2. The number of aliphatic carboxylic acids is 1. The van der Waals surface area contributed by atoms with Gasteiger partial charge in [-0.1, -0.05) is 249 Å². The summed E-state index contributed by atoms with van der Waals surface area (Å²) < 4.78 is 5.34. The molecule has 0 amide bonds. The van der Waals surface area contributed by atoms with Crippen molar-refractivity contribution in [1.82, 2.24) is 0 Å². The van der Waals surface area contributed by atoms with Crippen molar-refractivity contribution < 1.29 is 19.4 Å².